The van der Waals surface area contributed by atoms with Gasteiger partial charge in [0.1, 0.15) is 5.82 Å². The van der Waals surface area contributed by atoms with Crippen molar-refractivity contribution >= 4 is 11.8 Å². The molecule has 16 heavy (non-hydrogen) atoms. The molecule has 1 unspecified atom stereocenters. The zero-order valence-electron chi connectivity index (χ0n) is 9.63. The van der Waals surface area contributed by atoms with E-state index in [2.05, 4.69) is 5.32 Å². The van der Waals surface area contributed by atoms with E-state index in [1.54, 1.807) is 6.07 Å². The highest BCUT2D eigenvalue weighted by molar-refractivity contribution is 8.00. The van der Waals surface area contributed by atoms with Gasteiger partial charge in [-0.1, -0.05) is 6.07 Å². The topological polar surface area (TPSA) is 12.0 Å². The summed E-state index contributed by atoms with van der Waals surface area (Å²) in [7, 11) is 0. The van der Waals surface area contributed by atoms with Crippen LogP contribution in [-0.4, -0.2) is 17.5 Å². The molecule has 1 aliphatic rings. The van der Waals surface area contributed by atoms with Gasteiger partial charge in [-0.2, -0.15) is 11.8 Å². The second-order valence-electron chi connectivity index (χ2n) is 4.34. The molecule has 0 bridgehead atoms. The summed E-state index contributed by atoms with van der Waals surface area (Å²) < 4.78 is 13.0. The maximum absolute atomic E-state index is 13.0. The van der Waals surface area contributed by atoms with Crippen molar-refractivity contribution in [3.63, 3.8) is 0 Å². The van der Waals surface area contributed by atoms with E-state index in [1.165, 1.54) is 24.7 Å². The number of benzene rings is 1. The fourth-order valence-electron chi connectivity index (χ4n) is 2.00. The van der Waals surface area contributed by atoms with E-state index in [9.17, 15) is 4.39 Å². The molecule has 1 N–H and O–H groups in total. The molecule has 2 rings (SSSR count). The summed E-state index contributed by atoms with van der Waals surface area (Å²) in [5, 5.41) is 4.18. The lowest BCUT2D eigenvalue weighted by atomic mass is 10.1. The summed E-state index contributed by atoms with van der Waals surface area (Å²) in [6.07, 6.45) is 2.66. The van der Waals surface area contributed by atoms with Gasteiger partial charge in [-0.25, -0.2) is 4.39 Å². The molecule has 1 aromatic rings. The summed E-state index contributed by atoms with van der Waals surface area (Å²) in [5.74, 6) is 1.16. The van der Waals surface area contributed by atoms with Crippen LogP contribution in [0.1, 0.15) is 24.0 Å². The van der Waals surface area contributed by atoms with Crippen LogP contribution in [0.2, 0.25) is 0 Å². The first-order chi connectivity index (χ1) is 7.75. The van der Waals surface area contributed by atoms with Gasteiger partial charge in [0, 0.05) is 18.3 Å². The number of aryl methyl sites for hydroxylation is 1. The molecule has 88 valence electrons. The van der Waals surface area contributed by atoms with E-state index >= 15 is 0 Å². The van der Waals surface area contributed by atoms with Gasteiger partial charge >= 0.3 is 0 Å². The highest BCUT2D eigenvalue weighted by atomic mass is 32.2. The summed E-state index contributed by atoms with van der Waals surface area (Å²) in [5.41, 5.74) is 2.23. The Bertz CT molecular complexity index is 348. The van der Waals surface area contributed by atoms with Gasteiger partial charge in [0.25, 0.3) is 0 Å². The second-order valence-corrected chi connectivity index (χ2v) is 5.74. The predicted molar refractivity (Wildman–Crippen MR) is 68.3 cm³/mol. The monoisotopic (exact) mass is 239 g/mol. The average Bonchev–Trinajstić information content (AvgIpc) is 2.76. The summed E-state index contributed by atoms with van der Waals surface area (Å²) in [6, 6.07) is 4.99. The van der Waals surface area contributed by atoms with Gasteiger partial charge in [-0.15, -0.1) is 0 Å². The Hall–Kier alpha value is -0.540. The summed E-state index contributed by atoms with van der Waals surface area (Å²) in [6.45, 7) is 3.85. The first-order valence-electron chi connectivity index (χ1n) is 5.83. The average molecular weight is 239 g/mol. The van der Waals surface area contributed by atoms with Crippen LogP contribution in [0.15, 0.2) is 18.2 Å². The van der Waals surface area contributed by atoms with E-state index in [1.807, 2.05) is 24.8 Å². The van der Waals surface area contributed by atoms with E-state index < -0.39 is 0 Å². The molecule has 0 radical (unpaired) electrons. The first kappa shape index (κ1) is 11.9. The molecule has 0 aliphatic carbocycles. The number of nitrogens with one attached hydrogen (secondary N) is 1. The number of rotatable bonds is 4. The maximum Gasteiger partial charge on any atom is 0.123 e. The quantitative estimate of drug-likeness (QED) is 0.866. The Morgan fingerprint density at radius 1 is 1.50 bits per heavy atom. The molecule has 1 atom stereocenters. The Labute approximate surface area is 101 Å². The maximum atomic E-state index is 13.0. The third-order valence-corrected chi connectivity index (χ3v) is 4.42. The normalized spacial score (nSPS) is 20.2. The Balaban J connectivity index is 1.82. The smallest absolute Gasteiger partial charge is 0.123 e. The molecule has 1 fully saturated rings. The van der Waals surface area contributed by atoms with Crippen LogP contribution >= 0.6 is 11.8 Å². The van der Waals surface area contributed by atoms with Crippen LogP contribution in [0, 0.1) is 12.7 Å². The molecule has 1 aliphatic heterocycles. The molecule has 0 amide bonds. The van der Waals surface area contributed by atoms with Gasteiger partial charge in [0.2, 0.25) is 0 Å². The molecular formula is C13H18FNS. The van der Waals surface area contributed by atoms with Gasteiger partial charge < -0.3 is 5.32 Å². The third kappa shape index (κ3) is 3.22. The molecule has 1 aromatic carbocycles. The lowest BCUT2D eigenvalue weighted by Crippen LogP contribution is -2.23. The molecule has 0 aromatic heterocycles. The second kappa shape index (κ2) is 5.69. The van der Waals surface area contributed by atoms with Gasteiger partial charge in [-0.05, 0) is 48.8 Å². The fourth-order valence-corrected chi connectivity index (χ4v) is 3.24. The third-order valence-electron chi connectivity index (χ3n) is 3.02. The Morgan fingerprint density at radius 3 is 3.12 bits per heavy atom. The zero-order valence-corrected chi connectivity index (χ0v) is 10.4. The summed E-state index contributed by atoms with van der Waals surface area (Å²) >= 11 is 2.05. The Kier molecular flexibility index (Phi) is 4.24. The molecule has 0 spiro atoms. The molecular weight excluding hydrogens is 221 g/mol. The van der Waals surface area contributed by atoms with Crippen molar-refractivity contribution < 1.29 is 4.39 Å². The minimum absolute atomic E-state index is 0.141. The largest absolute Gasteiger partial charge is 0.312 e. The minimum Gasteiger partial charge on any atom is -0.312 e. The van der Waals surface area contributed by atoms with Crippen LogP contribution in [0.5, 0.6) is 0 Å². The van der Waals surface area contributed by atoms with Crippen molar-refractivity contribution in [2.75, 3.05) is 12.3 Å². The number of hydrogen-bond donors (Lipinski definition) is 1. The predicted octanol–water partition coefficient (Wildman–Crippen LogP) is 3.12. The van der Waals surface area contributed by atoms with E-state index in [0.717, 1.165) is 29.5 Å². The minimum atomic E-state index is -0.141. The Morgan fingerprint density at radius 2 is 2.38 bits per heavy atom. The van der Waals surface area contributed by atoms with E-state index in [-0.39, 0.29) is 5.82 Å². The lowest BCUT2D eigenvalue weighted by Gasteiger charge is -2.11. The molecule has 1 nitrogen and oxygen atoms in total. The number of hydrogen-bond acceptors (Lipinski definition) is 2. The number of thioether (sulfide) groups is 1. The van der Waals surface area contributed by atoms with Crippen molar-refractivity contribution in [3.05, 3.63) is 35.1 Å². The molecule has 1 saturated heterocycles. The van der Waals surface area contributed by atoms with Crippen molar-refractivity contribution in [2.45, 2.75) is 31.6 Å². The van der Waals surface area contributed by atoms with Gasteiger partial charge in [0.15, 0.2) is 0 Å². The van der Waals surface area contributed by atoms with Crippen molar-refractivity contribution in [2.24, 2.45) is 0 Å². The van der Waals surface area contributed by atoms with Crippen molar-refractivity contribution in [1.82, 2.24) is 5.32 Å². The fraction of sp³-hybridized carbons (Fsp3) is 0.538. The molecule has 3 heteroatoms. The number of halogens is 1. The summed E-state index contributed by atoms with van der Waals surface area (Å²) in [4.78, 5) is 0. The molecule has 0 saturated carbocycles. The van der Waals surface area contributed by atoms with Crippen molar-refractivity contribution in [1.29, 1.82) is 0 Å². The van der Waals surface area contributed by atoms with E-state index in [0.29, 0.717) is 0 Å². The SMILES string of the molecule is Cc1ccc(F)cc1CNCC1CCCS1. The van der Waals surface area contributed by atoms with Crippen LogP contribution in [0.3, 0.4) is 0 Å². The standard InChI is InChI=1S/C13H18FNS/c1-10-4-5-12(14)7-11(10)8-15-9-13-3-2-6-16-13/h4-5,7,13,15H,2-3,6,8-9H2,1H3. The zero-order chi connectivity index (χ0) is 11.4. The van der Waals surface area contributed by atoms with Gasteiger partial charge in [-0.3, -0.25) is 0 Å². The van der Waals surface area contributed by atoms with Crippen molar-refractivity contribution in [3.8, 4) is 0 Å². The lowest BCUT2D eigenvalue weighted by molar-refractivity contribution is 0.614. The van der Waals surface area contributed by atoms with E-state index in [4.69, 9.17) is 0 Å². The van der Waals surface area contributed by atoms with Crippen LogP contribution < -0.4 is 5.32 Å². The van der Waals surface area contributed by atoms with Crippen LogP contribution in [0.4, 0.5) is 4.39 Å². The highest BCUT2D eigenvalue weighted by Gasteiger charge is 2.14. The highest BCUT2D eigenvalue weighted by Crippen LogP contribution is 2.25. The van der Waals surface area contributed by atoms with Crippen LogP contribution in [-0.2, 0) is 6.54 Å². The molecule has 1 heterocycles. The van der Waals surface area contributed by atoms with Gasteiger partial charge in [0.05, 0.1) is 0 Å². The van der Waals surface area contributed by atoms with Crippen LogP contribution in [0.25, 0.3) is 0 Å². The first-order valence-corrected chi connectivity index (χ1v) is 6.88.